The summed E-state index contributed by atoms with van der Waals surface area (Å²) >= 11 is 0. The van der Waals surface area contributed by atoms with Crippen molar-refractivity contribution in [1.82, 2.24) is 15.0 Å². The summed E-state index contributed by atoms with van der Waals surface area (Å²) in [5.74, 6) is 0.388. The Morgan fingerprint density at radius 3 is 2.52 bits per heavy atom. The molecule has 0 aliphatic heterocycles. The molecule has 122 valence electrons. The van der Waals surface area contributed by atoms with Crippen LogP contribution in [0.1, 0.15) is 55.0 Å². The maximum Gasteiger partial charge on any atom is 0.269 e. The van der Waals surface area contributed by atoms with Crippen molar-refractivity contribution >= 4 is 5.69 Å². The highest BCUT2D eigenvalue weighted by Crippen LogP contribution is 2.34. The normalized spacial score (nSPS) is 15.7. The van der Waals surface area contributed by atoms with E-state index in [0.717, 1.165) is 24.1 Å². The molecule has 0 atom stereocenters. The van der Waals surface area contributed by atoms with E-state index in [4.69, 9.17) is 0 Å². The van der Waals surface area contributed by atoms with Crippen LogP contribution in [0.5, 0.6) is 0 Å². The van der Waals surface area contributed by atoms with Crippen LogP contribution in [-0.2, 0) is 13.2 Å². The number of nitro groups is 1. The Hall–Kier alpha value is -2.28. The lowest BCUT2D eigenvalue weighted by atomic mass is 9.86. The zero-order chi connectivity index (χ0) is 16.2. The minimum atomic E-state index is -0.406. The summed E-state index contributed by atoms with van der Waals surface area (Å²) < 4.78 is 1.84. The van der Waals surface area contributed by atoms with Crippen molar-refractivity contribution in [2.45, 2.75) is 51.2 Å². The van der Waals surface area contributed by atoms with Gasteiger partial charge in [0.25, 0.3) is 5.69 Å². The Bertz CT molecular complexity index is 675. The molecule has 1 fully saturated rings. The number of nitrogens with zero attached hydrogens (tertiary/aromatic N) is 4. The van der Waals surface area contributed by atoms with E-state index in [1.807, 2.05) is 4.68 Å². The monoisotopic (exact) mass is 316 g/mol. The molecule has 1 N–H and O–H groups in total. The second kappa shape index (κ2) is 6.87. The molecule has 23 heavy (non-hydrogen) atoms. The first-order valence-corrected chi connectivity index (χ1v) is 7.95. The van der Waals surface area contributed by atoms with Crippen molar-refractivity contribution in [2.75, 3.05) is 0 Å². The summed E-state index contributed by atoms with van der Waals surface area (Å²) in [7, 11) is 0. The number of hydrogen-bond acceptors (Lipinski definition) is 5. The lowest BCUT2D eigenvalue weighted by molar-refractivity contribution is -0.384. The van der Waals surface area contributed by atoms with Crippen molar-refractivity contribution in [2.24, 2.45) is 0 Å². The molecule has 2 aromatic rings. The van der Waals surface area contributed by atoms with E-state index >= 15 is 0 Å². The van der Waals surface area contributed by atoms with Crippen LogP contribution >= 0.6 is 0 Å². The second-order valence-electron chi connectivity index (χ2n) is 6.00. The molecule has 7 heteroatoms. The summed E-state index contributed by atoms with van der Waals surface area (Å²) in [6, 6.07) is 6.48. The molecule has 1 aromatic carbocycles. The molecule has 7 nitrogen and oxygen atoms in total. The van der Waals surface area contributed by atoms with Gasteiger partial charge in [-0.1, -0.05) is 36.6 Å². The van der Waals surface area contributed by atoms with Crippen LogP contribution in [0.4, 0.5) is 5.69 Å². The minimum Gasteiger partial charge on any atom is -0.390 e. The summed E-state index contributed by atoms with van der Waals surface area (Å²) in [5, 5.41) is 28.6. The quantitative estimate of drug-likeness (QED) is 0.676. The largest absolute Gasteiger partial charge is 0.390 e. The molecule has 0 amide bonds. The Labute approximate surface area is 134 Å². The van der Waals surface area contributed by atoms with E-state index in [1.165, 1.54) is 31.4 Å². The van der Waals surface area contributed by atoms with Crippen LogP contribution in [0.3, 0.4) is 0 Å². The maximum absolute atomic E-state index is 10.7. The average Bonchev–Trinajstić information content (AvgIpc) is 2.99. The Morgan fingerprint density at radius 2 is 1.91 bits per heavy atom. The number of benzene rings is 1. The van der Waals surface area contributed by atoms with Crippen LogP contribution in [-0.4, -0.2) is 25.0 Å². The summed E-state index contributed by atoms with van der Waals surface area (Å²) in [6.07, 6.45) is 5.84. The van der Waals surface area contributed by atoms with Crippen molar-refractivity contribution in [3.8, 4) is 0 Å². The number of aliphatic hydroxyl groups is 1. The molecule has 0 saturated heterocycles. The predicted octanol–water partition coefficient (Wildman–Crippen LogP) is 2.77. The Balaban J connectivity index is 1.84. The van der Waals surface area contributed by atoms with Gasteiger partial charge in [-0.2, -0.15) is 0 Å². The molecular weight excluding hydrogens is 296 g/mol. The standard InChI is InChI=1S/C16H20N4O3/c21-11-15-16(13-4-2-1-3-5-13)19(18-17-15)10-12-6-8-14(9-7-12)20(22)23/h6-9,13,21H,1-5,10-11H2. The van der Waals surface area contributed by atoms with Gasteiger partial charge in [-0.3, -0.25) is 10.1 Å². The molecule has 1 aliphatic rings. The minimum absolute atomic E-state index is 0.0795. The molecular formula is C16H20N4O3. The zero-order valence-electron chi connectivity index (χ0n) is 12.9. The number of aliphatic hydroxyl groups excluding tert-OH is 1. The van der Waals surface area contributed by atoms with E-state index in [-0.39, 0.29) is 12.3 Å². The van der Waals surface area contributed by atoms with E-state index in [2.05, 4.69) is 10.3 Å². The van der Waals surface area contributed by atoms with Gasteiger partial charge in [0.05, 0.1) is 23.8 Å². The highest BCUT2D eigenvalue weighted by Gasteiger charge is 2.24. The number of nitro benzene ring substituents is 1. The molecule has 1 heterocycles. The zero-order valence-corrected chi connectivity index (χ0v) is 12.9. The van der Waals surface area contributed by atoms with Gasteiger partial charge in [0, 0.05) is 18.1 Å². The predicted molar refractivity (Wildman–Crippen MR) is 84.0 cm³/mol. The van der Waals surface area contributed by atoms with Gasteiger partial charge in [0.2, 0.25) is 0 Å². The maximum atomic E-state index is 10.7. The number of aromatic nitrogens is 3. The van der Waals surface area contributed by atoms with Crippen LogP contribution in [0.25, 0.3) is 0 Å². The molecule has 1 aliphatic carbocycles. The highest BCUT2D eigenvalue weighted by molar-refractivity contribution is 5.33. The van der Waals surface area contributed by atoms with Gasteiger partial charge >= 0.3 is 0 Å². The van der Waals surface area contributed by atoms with Crippen LogP contribution in [0.15, 0.2) is 24.3 Å². The fourth-order valence-electron chi connectivity index (χ4n) is 3.30. The average molecular weight is 316 g/mol. The molecule has 0 unspecified atom stereocenters. The van der Waals surface area contributed by atoms with Crippen molar-refractivity contribution in [3.05, 3.63) is 51.3 Å². The third-order valence-electron chi connectivity index (χ3n) is 4.47. The van der Waals surface area contributed by atoms with Crippen molar-refractivity contribution in [3.63, 3.8) is 0 Å². The summed E-state index contributed by atoms with van der Waals surface area (Å²) in [6.45, 7) is 0.406. The smallest absolute Gasteiger partial charge is 0.269 e. The SMILES string of the molecule is O=[N+]([O-])c1ccc(Cn2nnc(CO)c2C2CCCCC2)cc1. The molecule has 1 saturated carbocycles. The fourth-order valence-corrected chi connectivity index (χ4v) is 3.30. The number of hydrogen-bond donors (Lipinski definition) is 1. The highest BCUT2D eigenvalue weighted by atomic mass is 16.6. The summed E-state index contributed by atoms with van der Waals surface area (Å²) in [5.41, 5.74) is 2.68. The number of rotatable bonds is 5. The first kappa shape index (κ1) is 15.6. The third kappa shape index (κ3) is 3.39. The van der Waals surface area contributed by atoms with Gasteiger partial charge in [0.15, 0.2) is 0 Å². The Morgan fingerprint density at radius 1 is 1.22 bits per heavy atom. The van der Waals surface area contributed by atoms with Gasteiger partial charge in [-0.15, -0.1) is 5.10 Å². The molecule has 0 radical (unpaired) electrons. The van der Waals surface area contributed by atoms with E-state index in [9.17, 15) is 15.2 Å². The van der Waals surface area contributed by atoms with Gasteiger partial charge in [-0.05, 0) is 18.4 Å². The molecule has 3 rings (SSSR count). The van der Waals surface area contributed by atoms with E-state index in [1.54, 1.807) is 12.1 Å². The van der Waals surface area contributed by atoms with Crippen molar-refractivity contribution < 1.29 is 10.0 Å². The van der Waals surface area contributed by atoms with Crippen LogP contribution in [0.2, 0.25) is 0 Å². The van der Waals surface area contributed by atoms with Gasteiger partial charge in [0.1, 0.15) is 5.69 Å². The Kier molecular flexibility index (Phi) is 4.66. The molecule has 0 spiro atoms. The van der Waals surface area contributed by atoms with Crippen LogP contribution in [0, 0.1) is 10.1 Å². The lowest BCUT2D eigenvalue weighted by Crippen LogP contribution is -2.14. The first-order valence-electron chi connectivity index (χ1n) is 7.95. The number of non-ortho nitro benzene ring substituents is 1. The van der Waals surface area contributed by atoms with Gasteiger partial charge < -0.3 is 5.11 Å². The van der Waals surface area contributed by atoms with Gasteiger partial charge in [-0.25, -0.2) is 4.68 Å². The topological polar surface area (TPSA) is 94.1 Å². The fraction of sp³-hybridized carbons (Fsp3) is 0.500. The summed E-state index contributed by atoms with van der Waals surface area (Å²) in [4.78, 5) is 10.3. The van der Waals surface area contributed by atoms with E-state index < -0.39 is 4.92 Å². The third-order valence-corrected chi connectivity index (χ3v) is 4.47. The van der Waals surface area contributed by atoms with Crippen LogP contribution < -0.4 is 0 Å². The lowest BCUT2D eigenvalue weighted by Gasteiger charge is -2.23. The first-order chi connectivity index (χ1) is 11.2. The molecule has 0 bridgehead atoms. The molecule has 1 aromatic heterocycles. The second-order valence-corrected chi connectivity index (χ2v) is 6.00. The van der Waals surface area contributed by atoms with Crippen molar-refractivity contribution in [1.29, 1.82) is 0 Å². The van der Waals surface area contributed by atoms with E-state index in [0.29, 0.717) is 18.2 Å².